The molecule has 2 heterocycles. The van der Waals surface area contributed by atoms with Crippen molar-refractivity contribution in [3.63, 3.8) is 0 Å². The quantitative estimate of drug-likeness (QED) is 0.134. The summed E-state index contributed by atoms with van der Waals surface area (Å²) in [7, 11) is 0. The van der Waals surface area contributed by atoms with E-state index in [0.717, 1.165) is 34.5 Å². The Labute approximate surface area is 260 Å². The fourth-order valence-electron chi connectivity index (χ4n) is 4.71. The van der Waals surface area contributed by atoms with E-state index < -0.39 is 12.4 Å². The number of aromatic nitrogens is 4. The van der Waals surface area contributed by atoms with Crippen LogP contribution in [-0.4, -0.2) is 38.3 Å². The first kappa shape index (κ1) is 31.6. The maximum Gasteiger partial charge on any atom is 0.573 e. The van der Waals surface area contributed by atoms with Gasteiger partial charge < -0.3 is 10.1 Å². The SMILES string of the molecule is Cc1csc(=NC(=O)NCCCc2ccc(-c3ncn(-c4ccc(OC(F)(F)F)cc4)n3)cc2)n1-c1ccc(F)cc1C(C)C. The molecule has 2 aromatic heterocycles. The van der Waals surface area contributed by atoms with Gasteiger partial charge in [0.25, 0.3) is 0 Å². The van der Waals surface area contributed by atoms with Crippen LogP contribution in [0, 0.1) is 12.7 Å². The molecule has 234 valence electrons. The third-order valence-electron chi connectivity index (χ3n) is 6.89. The lowest BCUT2D eigenvalue weighted by Gasteiger charge is -2.15. The minimum absolute atomic E-state index is 0.0861. The summed E-state index contributed by atoms with van der Waals surface area (Å²) in [5, 5.41) is 9.19. The van der Waals surface area contributed by atoms with Crippen LogP contribution in [0.1, 0.15) is 43.0 Å². The van der Waals surface area contributed by atoms with Crippen molar-refractivity contribution < 1.29 is 27.1 Å². The molecule has 0 atom stereocenters. The number of alkyl halides is 3. The fourth-order valence-corrected chi connectivity index (χ4v) is 5.57. The first-order chi connectivity index (χ1) is 21.5. The number of aryl methyl sites for hydroxylation is 2. The van der Waals surface area contributed by atoms with Crippen molar-refractivity contribution in [2.24, 2.45) is 4.99 Å². The molecular weight excluding hydrogens is 608 g/mol. The number of urea groups is 1. The van der Waals surface area contributed by atoms with Crippen LogP contribution in [0.3, 0.4) is 0 Å². The van der Waals surface area contributed by atoms with Gasteiger partial charge in [-0.2, -0.15) is 4.99 Å². The standard InChI is InChI=1S/C32H30F4N6O2S/c1-20(2)27-17-24(33)10-15-28(27)42-21(3)18-45-31(42)39-30(43)37-16-4-5-22-6-8-23(9-7-22)29-38-19-41(40-29)25-11-13-26(14-12-25)44-32(34,35)36/h6-15,17-20H,4-5,16H2,1-3H3,(H,37,43). The largest absolute Gasteiger partial charge is 0.573 e. The Bertz CT molecular complexity index is 1840. The Balaban J connectivity index is 1.15. The maximum absolute atomic E-state index is 13.9. The number of halogens is 4. The lowest BCUT2D eigenvalue weighted by atomic mass is 10.0. The van der Waals surface area contributed by atoms with E-state index in [4.69, 9.17) is 0 Å². The zero-order valence-corrected chi connectivity index (χ0v) is 25.5. The summed E-state index contributed by atoms with van der Waals surface area (Å²) in [5.74, 6) is -0.0693. The normalized spacial score (nSPS) is 12.1. The van der Waals surface area contributed by atoms with E-state index in [2.05, 4.69) is 25.1 Å². The van der Waals surface area contributed by atoms with Gasteiger partial charge in [0.15, 0.2) is 10.6 Å². The number of carbonyl (C=O) groups is 1. The van der Waals surface area contributed by atoms with Crippen LogP contribution in [0.5, 0.6) is 5.75 Å². The van der Waals surface area contributed by atoms with Gasteiger partial charge in [-0.1, -0.05) is 38.1 Å². The highest BCUT2D eigenvalue weighted by Crippen LogP contribution is 2.26. The molecule has 5 aromatic rings. The molecule has 3 aromatic carbocycles. The summed E-state index contributed by atoms with van der Waals surface area (Å²) >= 11 is 1.35. The van der Waals surface area contributed by atoms with Crippen molar-refractivity contribution >= 4 is 17.4 Å². The van der Waals surface area contributed by atoms with Crippen LogP contribution in [0.15, 0.2) is 83.4 Å². The van der Waals surface area contributed by atoms with Gasteiger partial charge in [-0.05, 0) is 79.3 Å². The van der Waals surface area contributed by atoms with Crippen molar-refractivity contribution in [3.8, 4) is 28.5 Å². The van der Waals surface area contributed by atoms with Crippen LogP contribution in [-0.2, 0) is 6.42 Å². The summed E-state index contributed by atoms with van der Waals surface area (Å²) in [5.41, 5.74) is 4.92. The minimum atomic E-state index is -4.75. The number of ether oxygens (including phenoxy) is 1. The van der Waals surface area contributed by atoms with Gasteiger partial charge in [0.2, 0.25) is 0 Å². The van der Waals surface area contributed by atoms with Crippen molar-refractivity contribution in [1.29, 1.82) is 0 Å². The summed E-state index contributed by atoms with van der Waals surface area (Å²) in [6.45, 7) is 6.34. The molecule has 45 heavy (non-hydrogen) atoms. The molecule has 8 nitrogen and oxygen atoms in total. The Morgan fingerprint density at radius 1 is 1.07 bits per heavy atom. The average Bonchev–Trinajstić information content (AvgIpc) is 3.62. The van der Waals surface area contributed by atoms with E-state index in [0.29, 0.717) is 29.3 Å². The number of hydrogen-bond donors (Lipinski definition) is 1. The fraction of sp³-hybridized carbons (Fsp3) is 0.250. The third-order valence-corrected chi connectivity index (χ3v) is 7.83. The Kier molecular flexibility index (Phi) is 9.47. The second kappa shape index (κ2) is 13.5. The van der Waals surface area contributed by atoms with Crippen LogP contribution < -0.4 is 14.9 Å². The van der Waals surface area contributed by atoms with Crippen molar-refractivity contribution in [3.05, 3.63) is 106 Å². The molecule has 13 heteroatoms. The maximum atomic E-state index is 13.9. The zero-order valence-electron chi connectivity index (χ0n) is 24.7. The molecule has 0 aliphatic rings. The predicted molar refractivity (Wildman–Crippen MR) is 163 cm³/mol. The van der Waals surface area contributed by atoms with Gasteiger partial charge in [0.1, 0.15) is 17.9 Å². The molecule has 0 aliphatic carbocycles. The Morgan fingerprint density at radius 2 is 1.80 bits per heavy atom. The molecule has 0 saturated carbocycles. The number of benzene rings is 3. The molecule has 5 rings (SSSR count). The van der Waals surface area contributed by atoms with E-state index >= 15 is 0 Å². The van der Waals surface area contributed by atoms with Gasteiger partial charge in [0.05, 0.1) is 11.4 Å². The molecule has 0 spiro atoms. The molecule has 0 fully saturated rings. The van der Waals surface area contributed by atoms with Gasteiger partial charge in [-0.15, -0.1) is 29.6 Å². The van der Waals surface area contributed by atoms with E-state index in [1.807, 2.05) is 55.0 Å². The van der Waals surface area contributed by atoms with E-state index in [1.165, 1.54) is 58.7 Å². The Morgan fingerprint density at radius 3 is 2.49 bits per heavy atom. The van der Waals surface area contributed by atoms with Crippen LogP contribution in [0.25, 0.3) is 22.8 Å². The summed E-state index contributed by atoms with van der Waals surface area (Å²) in [6.07, 6.45) is -1.85. The monoisotopic (exact) mass is 638 g/mol. The number of hydrogen-bond acceptors (Lipinski definition) is 5. The molecule has 2 amide bonds. The second-order valence-corrected chi connectivity index (χ2v) is 11.4. The van der Waals surface area contributed by atoms with Crippen molar-refractivity contribution in [1.82, 2.24) is 24.6 Å². The van der Waals surface area contributed by atoms with Crippen molar-refractivity contribution in [2.75, 3.05) is 6.54 Å². The number of nitrogens with one attached hydrogen (secondary N) is 1. The van der Waals surface area contributed by atoms with Gasteiger partial charge in [-0.25, -0.2) is 18.9 Å². The molecule has 0 bridgehead atoms. The molecular formula is C32H30F4N6O2S. The minimum Gasteiger partial charge on any atom is -0.406 e. The molecule has 0 unspecified atom stereocenters. The summed E-state index contributed by atoms with van der Waals surface area (Å²) < 4.78 is 58.4. The lowest BCUT2D eigenvalue weighted by molar-refractivity contribution is -0.274. The van der Waals surface area contributed by atoms with Crippen molar-refractivity contribution in [2.45, 2.75) is 45.9 Å². The van der Waals surface area contributed by atoms with E-state index in [9.17, 15) is 22.4 Å². The number of rotatable bonds is 9. The lowest BCUT2D eigenvalue weighted by Crippen LogP contribution is -2.26. The highest BCUT2D eigenvalue weighted by molar-refractivity contribution is 7.07. The molecule has 1 N–H and O–H groups in total. The number of carbonyl (C=O) groups excluding carboxylic acids is 1. The average molecular weight is 639 g/mol. The smallest absolute Gasteiger partial charge is 0.406 e. The van der Waals surface area contributed by atoms with Gasteiger partial charge in [0, 0.05) is 23.2 Å². The first-order valence-corrected chi connectivity index (χ1v) is 15.0. The third kappa shape index (κ3) is 8.04. The predicted octanol–water partition coefficient (Wildman–Crippen LogP) is 7.50. The topological polar surface area (TPSA) is 86.3 Å². The van der Waals surface area contributed by atoms with E-state index in [-0.39, 0.29) is 17.5 Å². The van der Waals surface area contributed by atoms with Crippen LogP contribution in [0.2, 0.25) is 0 Å². The van der Waals surface area contributed by atoms with E-state index in [1.54, 1.807) is 6.07 Å². The summed E-state index contributed by atoms with van der Waals surface area (Å²) in [6, 6.07) is 17.2. The number of thiazole rings is 1. The Hall–Kier alpha value is -4.78. The van der Waals surface area contributed by atoms with Crippen LogP contribution >= 0.6 is 11.3 Å². The van der Waals surface area contributed by atoms with Gasteiger partial charge in [-0.3, -0.25) is 4.57 Å². The number of nitrogens with zero attached hydrogens (tertiary/aromatic N) is 5. The zero-order chi connectivity index (χ0) is 32.1. The van der Waals surface area contributed by atoms with Gasteiger partial charge >= 0.3 is 12.4 Å². The molecule has 0 radical (unpaired) electrons. The highest BCUT2D eigenvalue weighted by Gasteiger charge is 2.31. The highest BCUT2D eigenvalue weighted by atomic mass is 32.1. The molecule has 0 saturated heterocycles. The second-order valence-electron chi connectivity index (χ2n) is 10.6. The first-order valence-electron chi connectivity index (χ1n) is 14.1. The summed E-state index contributed by atoms with van der Waals surface area (Å²) in [4.78, 5) is 21.8. The molecule has 0 aliphatic heterocycles. The van der Waals surface area contributed by atoms with Crippen LogP contribution in [0.4, 0.5) is 22.4 Å². The number of amides is 2.